The van der Waals surface area contributed by atoms with Gasteiger partial charge in [-0.1, -0.05) is 18.2 Å². The molecule has 0 amide bonds. The van der Waals surface area contributed by atoms with E-state index >= 15 is 0 Å². The molecule has 1 rings (SSSR count). The maximum Gasteiger partial charge on any atom is 0.307 e. The summed E-state index contributed by atoms with van der Waals surface area (Å²) in [5.41, 5.74) is 7.03. The average molecular weight is 218 g/mol. The lowest BCUT2D eigenvalue weighted by Crippen LogP contribution is -2.18. The van der Waals surface area contributed by atoms with Crippen molar-refractivity contribution in [3.63, 3.8) is 0 Å². The fourth-order valence-corrected chi connectivity index (χ4v) is 1.43. The van der Waals surface area contributed by atoms with Gasteiger partial charge in [0.1, 0.15) is 0 Å². The van der Waals surface area contributed by atoms with Gasteiger partial charge in [-0.25, -0.2) is 0 Å². The summed E-state index contributed by atoms with van der Waals surface area (Å²) in [4.78, 5) is 11.2. The fraction of sp³-hybridized carbons (Fsp3) is 0.333. The molecule has 0 aliphatic carbocycles. The summed E-state index contributed by atoms with van der Waals surface area (Å²) in [5.74, 6) is -0.345. The van der Waals surface area contributed by atoms with E-state index in [2.05, 4.69) is 0 Å². The maximum absolute atomic E-state index is 11.2. The topological polar surface area (TPSA) is 76.1 Å². The Morgan fingerprint density at radius 2 is 2.25 bits per heavy atom. The lowest BCUT2D eigenvalue weighted by molar-refractivity contribution is -0.143. The number of nitrogens with two attached hydrogens (primary N) is 1. The lowest BCUT2D eigenvalue weighted by atomic mass is 9.99. The zero-order chi connectivity index (χ0) is 12.0. The van der Waals surface area contributed by atoms with E-state index in [1.165, 1.54) is 0 Å². The third-order valence-electron chi connectivity index (χ3n) is 2.17. The first-order chi connectivity index (χ1) is 7.69. The van der Waals surface area contributed by atoms with E-state index in [1.54, 1.807) is 31.2 Å². The number of hydrogen-bond acceptors (Lipinski definition) is 4. The third-order valence-corrected chi connectivity index (χ3v) is 2.17. The molecule has 1 aromatic carbocycles. The molecule has 84 valence electrons. The summed E-state index contributed by atoms with van der Waals surface area (Å²) in [6.45, 7) is 2.08. The van der Waals surface area contributed by atoms with Gasteiger partial charge in [0.2, 0.25) is 0 Å². The van der Waals surface area contributed by atoms with Gasteiger partial charge < -0.3 is 10.5 Å². The summed E-state index contributed by atoms with van der Waals surface area (Å²) in [7, 11) is 0. The number of rotatable bonds is 4. The maximum atomic E-state index is 11.2. The summed E-state index contributed by atoms with van der Waals surface area (Å²) in [6.07, 6.45) is 0.0898. The van der Waals surface area contributed by atoms with E-state index in [0.717, 1.165) is 0 Å². The molecule has 0 aliphatic heterocycles. The van der Waals surface area contributed by atoms with Gasteiger partial charge in [-0.3, -0.25) is 4.79 Å². The van der Waals surface area contributed by atoms with Crippen LogP contribution in [0, 0.1) is 11.3 Å². The van der Waals surface area contributed by atoms with E-state index in [9.17, 15) is 4.79 Å². The number of esters is 1. The number of ether oxygens (including phenoxy) is 1. The van der Waals surface area contributed by atoms with Crippen molar-refractivity contribution in [2.75, 3.05) is 6.61 Å². The zero-order valence-electron chi connectivity index (χ0n) is 9.14. The van der Waals surface area contributed by atoms with Crippen LogP contribution in [0.5, 0.6) is 0 Å². The Hall–Kier alpha value is -1.86. The monoisotopic (exact) mass is 218 g/mol. The van der Waals surface area contributed by atoms with Crippen LogP contribution in [0.3, 0.4) is 0 Å². The second kappa shape index (κ2) is 5.89. The van der Waals surface area contributed by atoms with Gasteiger partial charge in [0, 0.05) is 6.04 Å². The number of nitrogens with zero attached hydrogens (tertiary/aromatic N) is 1. The molecule has 0 heterocycles. The fourth-order valence-electron chi connectivity index (χ4n) is 1.43. The van der Waals surface area contributed by atoms with Crippen molar-refractivity contribution in [1.82, 2.24) is 0 Å². The molecule has 1 atom stereocenters. The molecule has 2 N–H and O–H groups in total. The molecule has 0 unspecified atom stereocenters. The number of carbonyl (C=O) groups excluding carboxylic acids is 1. The van der Waals surface area contributed by atoms with Crippen molar-refractivity contribution in [3.8, 4) is 6.07 Å². The lowest BCUT2D eigenvalue weighted by Gasteiger charge is -2.12. The summed E-state index contributed by atoms with van der Waals surface area (Å²) >= 11 is 0. The highest BCUT2D eigenvalue weighted by Gasteiger charge is 2.15. The second-order valence-electron chi connectivity index (χ2n) is 3.31. The number of benzene rings is 1. The van der Waals surface area contributed by atoms with Crippen LogP contribution in [-0.2, 0) is 9.53 Å². The highest BCUT2D eigenvalue weighted by atomic mass is 16.5. The van der Waals surface area contributed by atoms with E-state index in [-0.39, 0.29) is 12.4 Å². The molecule has 0 radical (unpaired) electrons. The molecule has 16 heavy (non-hydrogen) atoms. The van der Waals surface area contributed by atoms with Crippen molar-refractivity contribution in [3.05, 3.63) is 35.4 Å². The first-order valence-corrected chi connectivity index (χ1v) is 5.09. The Balaban J connectivity index is 2.77. The van der Waals surface area contributed by atoms with E-state index in [1.807, 2.05) is 6.07 Å². The van der Waals surface area contributed by atoms with Crippen LogP contribution in [0.25, 0.3) is 0 Å². The zero-order valence-corrected chi connectivity index (χ0v) is 9.14. The number of nitriles is 1. The van der Waals surface area contributed by atoms with E-state index in [0.29, 0.717) is 17.7 Å². The van der Waals surface area contributed by atoms with Gasteiger partial charge in [0.15, 0.2) is 0 Å². The van der Waals surface area contributed by atoms with Crippen LogP contribution in [0.2, 0.25) is 0 Å². The minimum Gasteiger partial charge on any atom is -0.466 e. The van der Waals surface area contributed by atoms with Crippen LogP contribution >= 0.6 is 0 Å². The van der Waals surface area contributed by atoms with Gasteiger partial charge in [0.05, 0.1) is 24.7 Å². The highest BCUT2D eigenvalue weighted by Crippen LogP contribution is 2.18. The Bertz CT molecular complexity index is 410. The average Bonchev–Trinajstić information content (AvgIpc) is 2.29. The first-order valence-electron chi connectivity index (χ1n) is 5.09. The van der Waals surface area contributed by atoms with Crippen molar-refractivity contribution >= 4 is 5.97 Å². The number of carbonyl (C=O) groups is 1. The smallest absolute Gasteiger partial charge is 0.307 e. The van der Waals surface area contributed by atoms with E-state index < -0.39 is 6.04 Å². The van der Waals surface area contributed by atoms with Crippen LogP contribution in [-0.4, -0.2) is 12.6 Å². The SMILES string of the molecule is CCOC(=O)C[C@@H](N)c1ccccc1C#N. The van der Waals surface area contributed by atoms with Crippen LogP contribution < -0.4 is 5.73 Å². The predicted octanol–water partition coefficient (Wildman–Crippen LogP) is 1.51. The highest BCUT2D eigenvalue weighted by molar-refractivity contribution is 5.70. The summed E-state index contributed by atoms with van der Waals surface area (Å²) in [5, 5.41) is 8.88. The minimum atomic E-state index is -0.491. The molecule has 0 fully saturated rings. The molecular weight excluding hydrogens is 204 g/mol. The first kappa shape index (κ1) is 12.2. The van der Waals surface area contributed by atoms with Gasteiger partial charge in [0.25, 0.3) is 0 Å². The normalized spacial score (nSPS) is 11.6. The van der Waals surface area contributed by atoms with Gasteiger partial charge in [-0.15, -0.1) is 0 Å². The molecule has 0 aromatic heterocycles. The van der Waals surface area contributed by atoms with E-state index in [4.69, 9.17) is 15.7 Å². The van der Waals surface area contributed by atoms with Crippen molar-refractivity contribution in [1.29, 1.82) is 5.26 Å². The standard InChI is InChI=1S/C12H14N2O2/c1-2-16-12(15)7-11(14)10-6-4-3-5-9(10)8-13/h3-6,11H,2,7,14H2,1H3/t11-/m1/s1. The molecule has 0 bridgehead atoms. The molecule has 4 nitrogen and oxygen atoms in total. The molecule has 0 saturated heterocycles. The molecule has 4 heteroatoms. The Labute approximate surface area is 94.6 Å². The quantitative estimate of drug-likeness (QED) is 0.777. The molecule has 0 saturated carbocycles. The molecule has 1 aromatic rings. The van der Waals surface area contributed by atoms with Gasteiger partial charge >= 0.3 is 5.97 Å². The largest absolute Gasteiger partial charge is 0.466 e. The van der Waals surface area contributed by atoms with Crippen LogP contribution in [0.4, 0.5) is 0 Å². The van der Waals surface area contributed by atoms with Crippen molar-refractivity contribution < 1.29 is 9.53 Å². The van der Waals surface area contributed by atoms with Crippen molar-refractivity contribution in [2.45, 2.75) is 19.4 Å². The number of hydrogen-bond donors (Lipinski definition) is 1. The Morgan fingerprint density at radius 1 is 1.56 bits per heavy atom. The molecular formula is C12H14N2O2. The van der Waals surface area contributed by atoms with Crippen LogP contribution in [0.1, 0.15) is 30.5 Å². The molecule has 0 spiro atoms. The third kappa shape index (κ3) is 3.07. The second-order valence-corrected chi connectivity index (χ2v) is 3.31. The summed E-state index contributed by atoms with van der Waals surface area (Å²) < 4.78 is 4.81. The van der Waals surface area contributed by atoms with Crippen molar-refractivity contribution in [2.24, 2.45) is 5.73 Å². The summed E-state index contributed by atoms with van der Waals surface area (Å²) in [6, 6.07) is 8.55. The minimum absolute atomic E-state index is 0.0898. The Kier molecular flexibility index (Phi) is 4.49. The predicted molar refractivity (Wildman–Crippen MR) is 59.3 cm³/mol. The van der Waals surface area contributed by atoms with Gasteiger partial charge in [-0.05, 0) is 18.6 Å². The van der Waals surface area contributed by atoms with Crippen LogP contribution in [0.15, 0.2) is 24.3 Å². The van der Waals surface area contributed by atoms with Gasteiger partial charge in [-0.2, -0.15) is 5.26 Å². The molecule has 0 aliphatic rings. The Morgan fingerprint density at radius 3 is 2.88 bits per heavy atom.